The number of nitrogens with one attached hydrogen (secondary N) is 1. The number of hydrogen-bond acceptors (Lipinski definition) is 3. The molecule has 0 atom stereocenters. The maximum absolute atomic E-state index is 13.3. The van der Waals surface area contributed by atoms with Gasteiger partial charge >= 0.3 is 0 Å². The van der Waals surface area contributed by atoms with Gasteiger partial charge in [-0.2, -0.15) is 0 Å². The molecule has 1 aliphatic heterocycles. The van der Waals surface area contributed by atoms with Crippen LogP contribution < -0.4 is 10.2 Å². The fourth-order valence-corrected chi connectivity index (χ4v) is 3.54. The number of carbonyl (C=O) groups is 2. The highest BCUT2D eigenvalue weighted by Crippen LogP contribution is 2.32. The summed E-state index contributed by atoms with van der Waals surface area (Å²) in [6, 6.07) is 20.7. The topological polar surface area (TPSA) is 61.8 Å². The Labute approximate surface area is 180 Å². The largest absolute Gasteiger partial charge is 0.325 e. The second-order valence-electron chi connectivity index (χ2n) is 7.31. The normalized spacial score (nSPS) is 13.3. The molecule has 0 aliphatic carbocycles. The highest BCUT2D eigenvalue weighted by Gasteiger charge is 2.26. The van der Waals surface area contributed by atoms with Crippen molar-refractivity contribution < 1.29 is 14.0 Å². The molecule has 0 saturated heterocycles. The molecule has 5 nitrogen and oxygen atoms in total. The maximum Gasteiger partial charge on any atom is 0.244 e. The summed E-state index contributed by atoms with van der Waals surface area (Å²) in [6.07, 6.45) is 0.879. The molecule has 6 heteroatoms. The maximum atomic E-state index is 13.3. The van der Waals surface area contributed by atoms with E-state index < -0.39 is 0 Å². The lowest BCUT2D eigenvalue weighted by Gasteiger charge is -2.22. The van der Waals surface area contributed by atoms with E-state index in [0.717, 1.165) is 12.0 Å². The Hall–Kier alpha value is -3.80. The molecule has 0 saturated carbocycles. The third-order valence-corrected chi connectivity index (χ3v) is 5.15. The Morgan fingerprint density at radius 2 is 1.84 bits per heavy atom. The van der Waals surface area contributed by atoms with Crippen LogP contribution in [0.5, 0.6) is 0 Å². The summed E-state index contributed by atoms with van der Waals surface area (Å²) >= 11 is 0. The number of aliphatic imine (C=N–C) groups is 1. The lowest BCUT2D eigenvalue weighted by atomic mass is 10.1. The minimum atomic E-state index is -0.352. The van der Waals surface area contributed by atoms with Crippen LogP contribution in [0.3, 0.4) is 0 Å². The number of para-hydroxylation sites is 2. The number of amides is 2. The summed E-state index contributed by atoms with van der Waals surface area (Å²) in [5.41, 5.74) is 4.19. The van der Waals surface area contributed by atoms with Crippen molar-refractivity contribution in [1.82, 2.24) is 0 Å². The third-order valence-electron chi connectivity index (χ3n) is 5.15. The van der Waals surface area contributed by atoms with Crippen LogP contribution in [0.1, 0.15) is 24.5 Å². The van der Waals surface area contributed by atoms with Crippen molar-refractivity contribution in [3.05, 3.63) is 89.7 Å². The number of halogens is 1. The number of anilines is 2. The Morgan fingerprint density at radius 1 is 1.06 bits per heavy atom. The number of carbonyl (C=O) groups excluding carboxylic acids is 2. The van der Waals surface area contributed by atoms with Crippen molar-refractivity contribution in [1.29, 1.82) is 0 Å². The lowest BCUT2D eigenvalue weighted by molar-refractivity contribution is -0.120. The fourth-order valence-electron chi connectivity index (χ4n) is 3.54. The number of fused-ring (bicyclic) bond motifs is 1. The molecule has 2 amide bonds. The van der Waals surface area contributed by atoms with E-state index in [4.69, 9.17) is 0 Å². The van der Waals surface area contributed by atoms with E-state index in [1.807, 2.05) is 37.3 Å². The first kappa shape index (κ1) is 20.5. The number of nitrogens with zero attached hydrogens (tertiary/aromatic N) is 2. The van der Waals surface area contributed by atoms with Gasteiger partial charge in [-0.15, -0.1) is 0 Å². The molecule has 0 fully saturated rings. The van der Waals surface area contributed by atoms with Gasteiger partial charge in [0, 0.05) is 5.69 Å². The van der Waals surface area contributed by atoms with Crippen LogP contribution in [-0.4, -0.2) is 24.1 Å². The highest BCUT2D eigenvalue weighted by molar-refractivity contribution is 6.18. The zero-order valence-corrected chi connectivity index (χ0v) is 17.1. The molecular formula is C25H22FN3O2. The highest BCUT2D eigenvalue weighted by atomic mass is 19.1. The summed E-state index contributed by atoms with van der Waals surface area (Å²) in [6.45, 7) is 1.92. The molecule has 0 unspecified atom stereocenters. The second-order valence-corrected chi connectivity index (χ2v) is 7.31. The second kappa shape index (κ2) is 8.92. The van der Waals surface area contributed by atoms with Gasteiger partial charge in [0.1, 0.15) is 12.4 Å². The van der Waals surface area contributed by atoms with E-state index in [1.54, 1.807) is 30.3 Å². The summed E-state index contributed by atoms with van der Waals surface area (Å²) in [5, 5.41) is 2.87. The molecule has 3 aromatic carbocycles. The van der Waals surface area contributed by atoms with Crippen molar-refractivity contribution in [3.63, 3.8) is 0 Å². The first-order valence-corrected chi connectivity index (χ1v) is 10.1. The SMILES string of the molecule is CCc1cccc(NC(=O)CN2C(=O)CC(c3ccc(F)cc3)=Nc3ccccc32)c1. The zero-order valence-electron chi connectivity index (χ0n) is 17.1. The Balaban J connectivity index is 1.59. The van der Waals surface area contributed by atoms with E-state index in [9.17, 15) is 14.0 Å². The standard InChI is InChI=1S/C25H22FN3O2/c1-2-17-6-5-7-20(14-17)27-24(30)16-29-23-9-4-3-8-21(23)28-22(15-25(29)31)18-10-12-19(26)13-11-18/h3-14H,2,15-16H2,1H3,(H,27,30). The van der Waals surface area contributed by atoms with E-state index in [-0.39, 0.29) is 30.6 Å². The van der Waals surface area contributed by atoms with Crippen LogP contribution >= 0.6 is 0 Å². The van der Waals surface area contributed by atoms with Gasteiger partial charge < -0.3 is 10.2 Å². The lowest BCUT2D eigenvalue weighted by Crippen LogP contribution is -2.38. The Morgan fingerprint density at radius 3 is 2.61 bits per heavy atom. The van der Waals surface area contributed by atoms with Crippen molar-refractivity contribution in [2.45, 2.75) is 19.8 Å². The zero-order chi connectivity index (χ0) is 21.8. The molecule has 0 aromatic heterocycles. The summed E-state index contributed by atoms with van der Waals surface area (Å²) in [5.74, 6) is -0.887. The van der Waals surface area contributed by atoms with Crippen LogP contribution in [0, 0.1) is 5.82 Å². The van der Waals surface area contributed by atoms with Gasteiger partial charge in [0.05, 0.1) is 23.5 Å². The fraction of sp³-hybridized carbons (Fsp3) is 0.160. The quantitative estimate of drug-likeness (QED) is 0.645. The summed E-state index contributed by atoms with van der Waals surface area (Å²) in [7, 11) is 0. The van der Waals surface area contributed by atoms with Gasteiger partial charge in [-0.3, -0.25) is 14.6 Å². The number of rotatable bonds is 5. The van der Waals surface area contributed by atoms with E-state index in [1.165, 1.54) is 17.0 Å². The van der Waals surface area contributed by atoms with Crippen LogP contribution in [0.2, 0.25) is 0 Å². The molecular weight excluding hydrogens is 393 g/mol. The molecule has 1 aliphatic rings. The van der Waals surface area contributed by atoms with Crippen molar-refractivity contribution in [3.8, 4) is 0 Å². The average molecular weight is 415 g/mol. The van der Waals surface area contributed by atoms with Gasteiger partial charge in [-0.1, -0.05) is 43.3 Å². The van der Waals surface area contributed by atoms with Crippen molar-refractivity contribution in [2.75, 3.05) is 16.8 Å². The number of hydrogen-bond donors (Lipinski definition) is 1. The minimum Gasteiger partial charge on any atom is -0.325 e. The molecule has 3 aromatic rings. The third kappa shape index (κ3) is 4.69. The van der Waals surface area contributed by atoms with E-state index in [2.05, 4.69) is 10.3 Å². The van der Waals surface area contributed by atoms with Crippen LogP contribution in [0.4, 0.5) is 21.5 Å². The predicted octanol–water partition coefficient (Wildman–Crippen LogP) is 4.88. The molecule has 156 valence electrons. The molecule has 31 heavy (non-hydrogen) atoms. The minimum absolute atomic E-state index is 0.0128. The van der Waals surface area contributed by atoms with Crippen LogP contribution in [0.15, 0.2) is 77.8 Å². The Kier molecular flexibility index (Phi) is 5.89. The number of benzene rings is 3. The van der Waals surface area contributed by atoms with Gasteiger partial charge in [0.2, 0.25) is 11.8 Å². The molecule has 0 spiro atoms. The molecule has 1 N–H and O–H groups in total. The van der Waals surface area contributed by atoms with Gasteiger partial charge in [-0.05, 0) is 53.9 Å². The Bertz CT molecular complexity index is 1160. The molecule has 0 bridgehead atoms. The monoisotopic (exact) mass is 415 g/mol. The van der Waals surface area contributed by atoms with E-state index >= 15 is 0 Å². The smallest absolute Gasteiger partial charge is 0.244 e. The van der Waals surface area contributed by atoms with Crippen molar-refractivity contribution in [2.24, 2.45) is 4.99 Å². The van der Waals surface area contributed by atoms with Crippen LogP contribution in [0.25, 0.3) is 0 Å². The van der Waals surface area contributed by atoms with Crippen molar-refractivity contribution >= 4 is 34.6 Å². The molecule has 0 radical (unpaired) electrons. The van der Waals surface area contributed by atoms with Crippen LogP contribution in [-0.2, 0) is 16.0 Å². The first-order valence-electron chi connectivity index (χ1n) is 10.1. The van der Waals surface area contributed by atoms with Gasteiger partial charge in [0.15, 0.2) is 0 Å². The summed E-state index contributed by atoms with van der Waals surface area (Å²) in [4.78, 5) is 32.0. The van der Waals surface area contributed by atoms with Gasteiger partial charge in [0.25, 0.3) is 0 Å². The predicted molar refractivity (Wildman–Crippen MR) is 120 cm³/mol. The number of aryl methyl sites for hydroxylation is 1. The molecule has 1 heterocycles. The first-order chi connectivity index (χ1) is 15.0. The molecule has 4 rings (SSSR count). The van der Waals surface area contributed by atoms with Gasteiger partial charge in [-0.25, -0.2) is 4.39 Å². The summed E-state index contributed by atoms with van der Waals surface area (Å²) < 4.78 is 13.3. The average Bonchev–Trinajstić information content (AvgIpc) is 2.91. The van der Waals surface area contributed by atoms with E-state index in [0.29, 0.717) is 28.3 Å².